The number of hydrogen-bond acceptors (Lipinski definition) is 3. The lowest BCUT2D eigenvalue weighted by Crippen LogP contribution is -2.44. The molecule has 1 N–H and O–H groups in total. The van der Waals surface area contributed by atoms with Gasteiger partial charge in [0.2, 0.25) is 0 Å². The first-order valence-electron chi connectivity index (χ1n) is 5.82. The molecular weight excluding hydrogens is 194 g/mol. The van der Waals surface area contributed by atoms with Crippen molar-refractivity contribution in [2.45, 2.75) is 31.8 Å². The quantitative estimate of drug-likeness (QED) is 0.722. The first-order chi connectivity index (χ1) is 7.31. The summed E-state index contributed by atoms with van der Waals surface area (Å²) >= 11 is 0. The van der Waals surface area contributed by atoms with E-state index in [0.29, 0.717) is 5.92 Å². The van der Waals surface area contributed by atoms with E-state index < -0.39 is 0 Å². The SMILES string of the molecule is O=C(C1CCCO1)N1CCC(CO)CC1. The summed E-state index contributed by atoms with van der Waals surface area (Å²) in [6.07, 6.45) is 3.54. The van der Waals surface area contributed by atoms with Crippen molar-refractivity contribution in [2.75, 3.05) is 26.3 Å². The van der Waals surface area contributed by atoms with Crippen LogP contribution in [-0.4, -0.2) is 48.3 Å². The number of hydrogen-bond donors (Lipinski definition) is 1. The number of rotatable bonds is 2. The molecule has 86 valence electrons. The Morgan fingerprint density at radius 1 is 1.33 bits per heavy atom. The van der Waals surface area contributed by atoms with Crippen molar-refractivity contribution in [3.05, 3.63) is 0 Å². The monoisotopic (exact) mass is 213 g/mol. The Kier molecular flexibility index (Phi) is 3.59. The second-order valence-corrected chi connectivity index (χ2v) is 4.45. The lowest BCUT2D eigenvalue weighted by Gasteiger charge is -2.32. The average Bonchev–Trinajstić information content (AvgIpc) is 2.82. The van der Waals surface area contributed by atoms with Gasteiger partial charge in [-0.15, -0.1) is 0 Å². The van der Waals surface area contributed by atoms with E-state index >= 15 is 0 Å². The van der Waals surface area contributed by atoms with Gasteiger partial charge in [0.05, 0.1) is 0 Å². The van der Waals surface area contributed by atoms with Gasteiger partial charge >= 0.3 is 0 Å². The molecule has 0 bridgehead atoms. The standard InChI is InChI=1S/C11H19NO3/c13-8-9-3-5-12(6-4-9)11(14)10-2-1-7-15-10/h9-10,13H,1-8H2. The molecular formula is C11H19NO3. The van der Waals surface area contributed by atoms with E-state index in [2.05, 4.69) is 0 Å². The molecule has 0 aromatic carbocycles. The zero-order chi connectivity index (χ0) is 10.7. The van der Waals surface area contributed by atoms with Crippen LogP contribution in [0.4, 0.5) is 0 Å². The third kappa shape index (κ3) is 2.49. The van der Waals surface area contributed by atoms with Crippen LogP contribution in [0.1, 0.15) is 25.7 Å². The van der Waals surface area contributed by atoms with Crippen LogP contribution in [-0.2, 0) is 9.53 Å². The summed E-state index contributed by atoms with van der Waals surface area (Å²) in [7, 11) is 0. The van der Waals surface area contributed by atoms with Crippen LogP contribution in [0.25, 0.3) is 0 Å². The molecule has 4 heteroatoms. The normalized spacial score (nSPS) is 28.3. The van der Waals surface area contributed by atoms with E-state index in [1.165, 1.54) is 0 Å². The highest BCUT2D eigenvalue weighted by Crippen LogP contribution is 2.20. The molecule has 0 radical (unpaired) electrons. The summed E-state index contributed by atoms with van der Waals surface area (Å²) in [6, 6.07) is 0. The highest BCUT2D eigenvalue weighted by molar-refractivity contribution is 5.81. The Labute approximate surface area is 90.2 Å². The molecule has 2 saturated heterocycles. The van der Waals surface area contributed by atoms with Gasteiger partial charge in [-0.1, -0.05) is 0 Å². The maximum atomic E-state index is 11.9. The molecule has 1 amide bonds. The summed E-state index contributed by atoms with van der Waals surface area (Å²) in [5.41, 5.74) is 0. The number of amides is 1. The maximum absolute atomic E-state index is 11.9. The van der Waals surface area contributed by atoms with Crippen molar-refractivity contribution in [1.29, 1.82) is 0 Å². The van der Waals surface area contributed by atoms with E-state index in [-0.39, 0.29) is 18.6 Å². The molecule has 0 aliphatic carbocycles. The zero-order valence-corrected chi connectivity index (χ0v) is 9.02. The van der Waals surface area contributed by atoms with Gasteiger partial charge in [-0.25, -0.2) is 0 Å². The summed E-state index contributed by atoms with van der Waals surface area (Å²) in [6.45, 7) is 2.54. The predicted octanol–water partition coefficient (Wildman–Crippen LogP) is 0.396. The van der Waals surface area contributed by atoms with Crippen LogP contribution in [0.3, 0.4) is 0 Å². The second kappa shape index (κ2) is 4.94. The maximum Gasteiger partial charge on any atom is 0.251 e. The summed E-state index contributed by atoms with van der Waals surface area (Å²) < 4.78 is 5.38. The molecule has 2 rings (SSSR count). The van der Waals surface area contributed by atoms with Crippen LogP contribution in [0.2, 0.25) is 0 Å². The molecule has 0 spiro atoms. The third-order valence-corrected chi connectivity index (χ3v) is 3.39. The molecule has 2 aliphatic heterocycles. The first kappa shape index (κ1) is 10.9. The summed E-state index contributed by atoms with van der Waals surface area (Å²) in [4.78, 5) is 13.8. The average molecular weight is 213 g/mol. The topological polar surface area (TPSA) is 49.8 Å². The van der Waals surface area contributed by atoms with Crippen molar-refractivity contribution in [2.24, 2.45) is 5.92 Å². The number of carbonyl (C=O) groups excluding carboxylic acids is 1. The molecule has 1 atom stereocenters. The highest BCUT2D eigenvalue weighted by atomic mass is 16.5. The lowest BCUT2D eigenvalue weighted by molar-refractivity contribution is -0.142. The Morgan fingerprint density at radius 2 is 2.07 bits per heavy atom. The van der Waals surface area contributed by atoms with Gasteiger partial charge in [0, 0.05) is 26.3 Å². The highest BCUT2D eigenvalue weighted by Gasteiger charge is 2.30. The Bertz CT molecular complexity index is 218. The number of ether oxygens (including phenoxy) is 1. The number of carbonyl (C=O) groups is 1. The lowest BCUT2D eigenvalue weighted by atomic mass is 9.97. The molecule has 0 aromatic heterocycles. The molecule has 2 aliphatic rings. The number of aliphatic hydroxyl groups is 1. The van der Waals surface area contributed by atoms with E-state index in [0.717, 1.165) is 45.4 Å². The van der Waals surface area contributed by atoms with Gasteiger partial charge in [-0.05, 0) is 31.6 Å². The Hall–Kier alpha value is -0.610. The van der Waals surface area contributed by atoms with Gasteiger partial charge in [0.1, 0.15) is 6.10 Å². The Balaban J connectivity index is 1.81. The fraction of sp³-hybridized carbons (Fsp3) is 0.909. The molecule has 2 fully saturated rings. The van der Waals surface area contributed by atoms with Gasteiger partial charge in [0.15, 0.2) is 0 Å². The number of piperidine rings is 1. The summed E-state index contributed by atoms with van der Waals surface area (Å²) in [5.74, 6) is 0.544. The number of likely N-dealkylation sites (tertiary alicyclic amines) is 1. The van der Waals surface area contributed by atoms with Crippen LogP contribution >= 0.6 is 0 Å². The van der Waals surface area contributed by atoms with Gasteiger partial charge < -0.3 is 14.7 Å². The van der Waals surface area contributed by atoms with E-state index in [9.17, 15) is 4.79 Å². The first-order valence-corrected chi connectivity index (χ1v) is 5.82. The van der Waals surface area contributed by atoms with Crippen molar-refractivity contribution >= 4 is 5.91 Å². The van der Waals surface area contributed by atoms with Crippen LogP contribution in [0.5, 0.6) is 0 Å². The van der Waals surface area contributed by atoms with E-state index in [4.69, 9.17) is 9.84 Å². The van der Waals surface area contributed by atoms with Crippen molar-refractivity contribution in [3.8, 4) is 0 Å². The predicted molar refractivity (Wildman–Crippen MR) is 55.4 cm³/mol. The second-order valence-electron chi connectivity index (χ2n) is 4.45. The van der Waals surface area contributed by atoms with Crippen LogP contribution < -0.4 is 0 Å². The summed E-state index contributed by atoms with van der Waals surface area (Å²) in [5, 5.41) is 9.00. The third-order valence-electron chi connectivity index (χ3n) is 3.39. The van der Waals surface area contributed by atoms with Crippen LogP contribution in [0.15, 0.2) is 0 Å². The minimum atomic E-state index is -0.185. The van der Waals surface area contributed by atoms with E-state index in [1.807, 2.05) is 4.90 Å². The fourth-order valence-electron chi connectivity index (χ4n) is 2.31. The van der Waals surface area contributed by atoms with Gasteiger partial charge in [-0.2, -0.15) is 0 Å². The largest absolute Gasteiger partial charge is 0.396 e. The zero-order valence-electron chi connectivity index (χ0n) is 9.02. The van der Waals surface area contributed by atoms with Gasteiger partial charge in [0.25, 0.3) is 5.91 Å². The van der Waals surface area contributed by atoms with E-state index in [1.54, 1.807) is 0 Å². The van der Waals surface area contributed by atoms with Crippen LogP contribution in [0, 0.1) is 5.92 Å². The molecule has 15 heavy (non-hydrogen) atoms. The fourth-order valence-corrected chi connectivity index (χ4v) is 2.31. The van der Waals surface area contributed by atoms with Crippen molar-refractivity contribution < 1.29 is 14.6 Å². The Morgan fingerprint density at radius 3 is 2.60 bits per heavy atom. The molecule has 2 heterocycles. The number of nitrogens with zero attached hydrogens (tertiary/aromatic N) is 1. The minimum absolute atomic E-state index is 0.156. The molecule has 1 unspecified atom stereocenters. The molecule has 4 nitrogen and oxygen atoms in total. The molecule has 0 saturated carbocycles. The minimum Gasteiger partial charge on any atom is -0.396 e. The van der Waals surface area contributed by atoms with Crippen molar-refractivity contribution in [1.82, 2.24) is 4.90 Å². The van der Waals surface area contributed by atoms with Gasteiger partial charge in [-0.3, -0.25) is 4.79 Å². The smallest absolute Gasteiger partial charge is 0.251 e. The molecule has 0 aromatic rings. The number of aliphatic hydroxyl groups excluding tert-OH is 1. The van der Waals surface area contributed by atoms with Crippen molar-refractivity contribution in [3.63, 3.8) is 0 Å².